The van der Waals surface area contributed by atoms with E-state index < -0.39 is 0 Å². The lowest BCUT2D eigenvalue weighted by Gasteiger charge is -2.32. The number of benzene rings is 1. The summed E-state index contributed by atoms with van der Waals surface area (Å²) in [6.07, 6.45) is 6.24. The quantitative estimate of drug-likeness (QED) is 0.749. The van der Waals surface area contributed by atoms with Crippen molar-refractivity contribution >= 4 is 22.8 Å². The van der Waals surface area contributed by atoms with E-state index in [0.717, 1.165) is 60.6 Å². The number of likely N-dealkylation sites (tertiary alicyclic amines) is 1. The maximum absolute atomic E-state index is 12.8. The topological polar surface area (TPSA) is 75.9 Å². The van der Waals surface area contributed by atoms with Crippen molar-refractivity contribution in [3.8, 4) is 0 Å². The molecule has 0 saturated carbocycles. The van der Waals surface area contributed by atoms with E-state index in [2.05, 4.69) is 33.7 Å². The molecule has 2 aromatic heterocycles. The van der Waals surface area contributed by atoms with Gasteiger partial charge in [0.25, 0.3) is 0 Å². The monoisotopic (exact) mass is 378 g/mol. The summed E-state index contributed by atoms with van der Waals surface area (Å²) in [7, 11) is 0. The van der Waals surface area contributed by atoms with Gasteiger partial charge in [-0.15, -0.1) is 0 Å². The van der Waals surface area contributed by atoms with Crippen LogP contribution in [0.4, 0.5) is 10.5 Å². The fraction of sp³-hybridized carbons (Fsp3) is 0.429. The van der Waals surface area contributed by atoms with Gasteiger partial charge in [0.05, 0.1) is 11.0 Å². The zero-order valence-corrected chi connectivity index (χ0v) is 16.4. The summed E-state index contributed by atoms with van der Waals surface area (Å²) in [5, 5.41) is 3.05. The van der Waals surface area contributed by atoms with Crippen molar-refractivity contribution in [2.75, 3.05) is 18.4 Å². The lowest BCUT2D eigenvalue weighted by molar-refractivity contribution is 0.192. The summed E-state index contributed by atoms with van der Waals surface area (Å²) in [4.78, 5) is 27.8. The molecule has 7 nitrogen and oxygen atoms in total. The van der Waals surface area contributed by atoms with Gasteiger partial charge in [0.2, 0.25) is 0 Å². The van der Waals surface area contributed by atoms with Gasteiger partial charge in [-0.05, 0) is 44.0 Å². The molecule has 0 aliphatic carbocycles. The number of anilines is 1. The van der Waals surface area contributed by atoms with E-state index in [9.17, 15) is 4.79 Å². The number of amides is 2. The Hall–Kier alpha value is -2.96. The first kappa shape index (κ1) is 18.4. The van der Waals surface area contributed by atoms with Gasteiger partial charge >= 0.3 is 6.03 Å². The second-order valence-electron chi connectivity index (χ2n) is 7.18. The highest BCUT2D eigenvalue weighted by Gasteiger charge is 2.25. The fourth-order valence-corrected chi connectivity index (χ4v) is 4.03. The third-order valence-corrected chi connectivity index (χ3v) is 5.44. The summed E-state index contributed by atoms with van der Waals surface area (Å²) < 4.78 is 2.22. The Morgan fingerprint density at radius 2 is 2.18 bits per heavy atom. The van der Waals surface area contributed by atoms with Crippen LogP contribution in [0.3, 0.4) is 0 Å². The van der Waals surface area contributed by atoms with E-state index in [-0.39, 0.29) is 11.9 Å². The first-order valence-electron chi connectivity index (χ1n) is 10.0. The number of rotatable bonds is 4. The molecule has 7 heteroatoms. The van der Waals surface area contributed by atoms with Gasteiger partial charge in [-0.2, -0.15) is 0 Å². The molecule has 0 bridgehead atoms. The van der Waals surface area contributed by atoms with E-state index in [1.807, 2.05) is 29.2 Å². The van der Waals surface area contributed by atoms with Gasteiger partial charge in [-0.1, -0.05) is 6.92 Å². The minimum atomic E-state index is -0.0660. The van der Waals surface area contributed by atoms with Crippen LogP contribution in [0, 0.1) is 0 Å². The number of urea groups is 1. The van der Waals surface area contributed by atoms with Crippen LogP contribution in [0.15, 0.2) is 36.8 Å². The first-order chi connectivity index (χ1) is 13.7. The maximum atomic E-state index is 12.8. The standard InChI is InChI=1S/C21H26N6O/c1-3-20-25-18-12-16(7-8-19(18)27(20)4-2)24-21(28)26-11-5-6-15(13-26)17-9-10-22-14-23-17/h7-10,12,14-15H,3-6,11,13H2,1-2H3,(H,24,28)/t15-/m0/s1. The molecule has 4 rings (SSSR count). The van der Waals surface area contributed by atoms with E-state index in [0.29, 0.717) is 6.54 Å². The molecule has 28 heavy (non-hydrogen) atoms. The molecule has 0 unspecified atom stereocenters. The third-order valence-electron chi connectivity index (χ3n) is 5.44. The van der Waals surface area contributed by atoms with Crippen molar-refractivity contribution in [2.45, 2.75) is 45.6 Å². The van der Waals surface area contributed by atoms with Crippen LogP contribution in [-0.4, -0.2) is 43.5 Å². The highest BCUT2D eigenvalue weighted by Crippen LogP contribution is 2.26. The minimum absolute atomic E-state index is 0.0660. The first-order valence-corrected chi connectivity index (χ1v) is 10.0. The molecule has 1 aliphatic heterocycles. The van der Waals surface area contributed by atoms with Crippen LogP contribution >= 0.6 is 0 Å². The zero-order chi connectivity index (χ0) is 19.5. The highest BCUT2D eigenvalue weighted by molar-refractivity contribution is 5.92. The molecular weight excluding hydrogens is 352 g/mol. The van der Waals surface area contributed by atoms with E-state index in [1.165, 1.54) is 0 Å². The molecular formula is C21H26N6O. The van der Waals surface area contributed by atoms with E-state index in [1.54, 1.807) is 12.5 Å². The molecule has 146 valence electrons. The van der Waals surface area contributed by atoms with Crippen molar-refractivity contribution in [3.63, 3.8) is 0 Å². The van der Waals surface area contributed by atoms with Gasteiger partial charge in [-0.25, -0.2) is 19.7 Å². The Kier molecular flexibility index (Phi) is 5.23. The van der Waals surface area contributed by atoms with Crippen LogP contribution in [0.2, 0.25) is 0 Å². The molecule has 1 fully saturated rings. The highest BCUT2D eigenvalue weighted by atomic mass is 16.2. The molecule has 1 N–H and O–H groups in total. The second-order valence-corrected chi connectivity index (χ2v) is 7.18. The predicted octanol–water partition coefficient (Wildman–Crippen LogP) is 3.82. The molecule has 0 radical (unpaired) electrons. The second kappa shape index (κ2) is 7.96. The zero-order valence-electron chi connectivity index (χ0n) is 16.4. The van der Waals surface area contributed by atoms with Crippen LogP contribution in [0.25, 0.3) is 11.0 Å². The predicted molar refractivity (Wildman–Crippen MR) is 109 cm³/mol. The Morgan fingerprint density at radius 3 is 2.93 bits per heavy atom. The number of nitrogens with zero attached hydrogens (tertiary/aromatic N) is 5. The number of piperidine rings is 1. The Morgan fingerprint density at radius 1 is 1.29 bits per heavy atom. The fourth-order valence-electron chi connectivity index (χ4n) is 4.03. The number of carbonyl (C=O) groups is 1. The normalized spacial score (nSPS) is 17.1. The summed E-state index contributed by atoms with van der Waals surface area (Å²) >= 11 is 0. The van der Waals surface area contributed by atoms with Crippen molar-refractivity contribution in [3.05, 3.63) is 48.3 Å². The molecule has 3 aromatic rings. The number of fused-ring (bicyclic) bond motifs is 1. The Labute approximate surface area is 164 Å². The van der Waals surface area contributed by atoms with Crippen LogP contribution in [0.1, 0.15) is 44.1 Å². The van der Waals surface area contributed by atoms with Gasteiger partial charge in [0.15, 0.2) is 0 Å². The molecule has 1 aromatic carbocycles. The van der Waals surface area contributed by atoms with Gasteiger partial charge < -0.3 is 14.8 Å². The number of hydrogen-bond acceptors (Lipinski definition) is 4. The lowest BCUT2D eigenvalue weighted by Crippen LogP contribution is -2.41. The van der Waals surface area contributed by atoms with Gasteiger partial charge in [0, 0.05) is 49.6 Å². The largest absolute Gasteiger partial charge is 0.328 e. The van der Waals surface area contributed by atoms with Crippen molar-refractivity contribution in [1.82, 2.24) is 24.4 Å². The van der Waals surface area contributed by atoms with Crippen LogP contribution in [-0.2, 0) is 13.0 Å². The summed E-state index contributed by atoms with van der Waals surface area (Å²) in [5.74, 6) is 1.34. The van der Waals surface area contributed by atoms with Crippen molar-refractivity contribution in [2.24, 2.45) is 0 Å². The van der Waals surface area contributed by atoms with Crippen molar-refractivity contribution in [1.29, 1.82) is 0 Å². The summed E-state index contributed by atoms with van der Waals surface area (Å²) in [6, 6.07) is 7.84. The number of aromatic nitrogens is 4. The average molecular weight is 378 g/mol. The summed E-state index contributed by atoms with van der Waals surface area (Å²) in [6.45, 7) is 6.57. The lowest BCUT2D eigenvalue weighted by atomic mass is 9.95. The van der Waals surface area contributed by atoms with Crippen LogP contribution in [0.5, 0.6) is 0 Å². The van der Waals surface area contributed by atoms with Gasteiger partial charge in [-0.3, -0.25) is 0 Å². The van der Waals surface area contributed by atoms with E-state index >= 15 is 0 Å². The maximum Gasteiger partial charge on any atom is 0.321 e. The number of aryl methyl sites for hydroxylation is 2. The third kappa shape index (κ3) is 3.56. The smallest absolute Gasteiger partial charge is 0.321 e. The molecule has 1 saturated heterocycles. The molecule has 1 atom stereocenters. The van der Waals surface area contributed by atoms with Crippen LogP contribution < -0.4 is 5.32 Å². The van der Waals surface area contributed by atoms with Crippen molar-refractivity contribution < 1.29 is 4.79 Å². The minimum Gasteiger partial charge on any atom is -0.328 e. The SMILES string of the molecule is CCc1nc2cc(NC(=O)N3CCC[C@H](c4ccncn4)C3)ccc2n1CC. The van der Waals surface area contributed by atoms with E-state index in [4.69, 9.17) is 4.98 Å². The number of nitrogens with one attached hydrogen (secondary N) is 1. The number of hydrogen-bond donors (Lipinski definition) is 1. The number of carbonyl (C=O) groups excluding carboxylic acids is 1. The molecule has 3 heterocycles. The Bertz CT molecular complexity index is 968. The van der Waals surface area contributed by atoms with Gasteiger partial charge in [0.1, 0.15) is 12.2 Å². The number of imidazole rings is 1. The Balaban J connectivity index is 1.48. The summed E-state index contributed by atoms with van der Waals surface area (Å²) in [5.41, 5.74) is 3.82. The molecule has 1 aliphatic rings. The average Bonchev–Trinajstić information content (AvgIpc) is 3.11. The molecule has 0 spiro atoms. The molecule has 2 amide bonds.